The van der Waals surface area contributed by atoms with Gasteiger partial charge < -0.3 is 4.90 Å². The zero-order valence-corrected chi connectivity index (χ0v) is 12.8. The van der Waals surface area contributed by atoms with Crippen molar-refractivity contribution in [3.63, 3.8) is 0 Å². The Morgan fingerprint density at radius 1 is 0.941 bits per heavy atom. The lowest BCUT2D eigenvalue weighted by Crippen LogP contribution is -2.24. The van der Waals surface area contributed by atoms with Crippen LogP contribution in [0.2, 0.25) is 0 Å². The van der Waals surface area contributed by atoms with Crippen LogP contribution in [0.3, 0.4) is 0 Å². The molecule has 0 aliphatic carbocycles. The molecule has 0 rings (SSSR count). The zero-order valence-electron chi connectivity index (χ0n) is 12.8. The summed E-state index contributed by atoms with van der Waals surface area (Å²) < 4.78 is 0. The Morgan fingerprint density at radius 3 is 2.00 bits per heavy atom. The van der Waals surface area contributed by atoms with Gasteiger partial charge in [0.2, 0.25) is 0 Å². The van der Waals surface area contributed by atoms with Crippen LogP contribution in [0, 0.1) is 5.92 Å². The van der Waals surface area contributed by atoms with Gasteiger partial charge in [-0.25, -0.2) is 0 Å². The molecule has 0 heterocycles. The summed E-state index contributed by atoms with van der Waals surface area (Å²) in [6.45, 7) is 13.2. The fourth-order valence-electron chi connectivity index (χ4n) is 1.95. The maximum atomic E-state index is 4.16. The highest BCUT2D eigenvalue weighted by molar-refractivity contribution is 4.93. The minimum absolute atomic E-state index is 0.577. The summed E-state index contributed by atoms with van der Waals surface area (Å²) in [7, 11) is 2.15. The van der Waals surface area contributed by atoms with Crippen LogP contribution in [0.4, 0.5) is 0 Å². The van der Waals surface area contributed by atoms with Gasteiger partial charge in [0.1, 0.15) is 0 Å². The molecule has 0 unspecified atom stereocenters. The fourth-order valence-corrected chi connectivity index (χ4v) is 1.95. The summed E-state index contributed by atoms with van der Waals surface area (Å²) in [6.07, 6.45) is 9.43. The lowest BCUT2D eigenvalue weighted by Gasteiger charge is -2.25. The van der Waals surface area contributed by atoms with E-state index >= 15 is 0 Å². The predicted molar refractivity (Wildman–Crippen MR) is 79.2 cm³/mol. The summed E-state index contributed by atoms with van der Waals surface area (Å²) in [4.78, 5) is 2.29. The molecule has 0 radical (unpaired) electrons. The molecule has 0 amide bonds. The molecular formula is C16H33N. The predicted octanol–water partition coefficient (Wildman–Crippen LogP) is 5.23. The SMILES string of the molecule is C=C(CCCCCCCC(C)C)N(C)C(C)C. The molecule has 0 aliphatic heterocycles. The Bertz CT molecular complexity index is 194. The molecule has 0 atom stereocenters. The molecule has 0 N–H and O–H groups in total. The summed E-state index contributed by atoms with van der Waals surface area (Å²) in [6, 6.07) is 0.577. The van der Waals surface area contributed by atoms with E-state index in [4.69, 9.17) is 0 Å². The number of rotatable bonds is 10. The minimum Gasteiger partial charge on any atom is -0.376 e. The number of hydrogen-bond donors (Lipinski definition) is 0. The van der Waals surface area contributed by atoms with E-state index in [1.54, 1.807) is 0 Å². The van der Waals surface area contributed by atoms with Crippen molar-refractivity contribution in [3.8, 4) is 0 Å². The van der Waals surface area contributed by atoms with Gasteiger partial charge in [-0.15, -0.1) is 0 Å². The van der Waals surface area contributed by atoms with Gasteiger partial charge >= 0.3 is 0 Å². The molecule has 0 aromatic carbocycles. The average molecular weight is 239 g/mol. The van der Waals surface area contributed by atoms with Crippen molar-refractivity contribution in [3.05, 3.63) is 12.3 Å². The summed E-state index contributed by atoms with van der Waals surface area (Å²) in [5.74, 6) is 0.870. The number of allylic oxidation sites excluding steroid dienone is 1. The van der Waals surface area contributed by atoms with Crippen LogP contribution in [0.15, 0.2) is 12.3 Å². The molecule has 0 saturated heterocycles. The molecule has 0 saturated carbocycles. The lowest BCUT2D eigenvalue weighted by molar-refractivity contribution is 0.330. The molecule has 0 aromatic heterocycles. The van der Waals surface area contributed by atoms with E-state index in [0.29, 0.717) is 6.04 Å². The maximum absolute atomic E-state index is 4.16. The van der Waals surface area contributed by atoms with Crippen LogP contribution in [0.25, 0.3) is 0 Å². The molecule has 17 heavy (non-hydrogen) atoms. The molecule has 0 aliphatic rings. The van der Waals surface area contributed by atoms with Crippen LogP contribution in [0.1, 0.15) is 72.6 Å². The second-order valence-corrected chi connectivity index (χ2v) is 5.97. The monoisotopic (exact) mass is 239 g/mol. The number of nitrogens with zero attached hydrogens (tertiary/aromatic N) is 1. The Balaban J connectivity index is 3.37. The lowest BCUT2D eigenvalue weighted by atomic mass is 10.0. The second kappa shape index (κ2) is 9.56. The van der Waals surface area contributed by atoms with Gasteiger partial charge in [-0.1, -0.05) is 52.5 Å². The number of unbranched alkanes of at least 4 members (excludes halogenated alkanes) is 4. The first-order chi connectivity index (χ1) is 7.95. The summed E-state index contributed by atoms with van der Waals surface area (Å²) in [5.41, 5.74) is 1.29. The third-order valence-corrected chi connectivity index (χ3v) is 3.52. The minimum atomic E-state index is 0.577. The molecular weight excluding hydrogens is 206 g/mol. The van der Waals surface area contributed by atoms with E-state index in [2.05, 4.69) is 46.2 Å². The van der Waals surface area contributed by atoms with E-state index in [1.807, 2.05) is 0 Å². The molecule has 0 bridgehead atoms. The van der Waals surface area contributed by atoms with Crippen molar-refractivity contribution >= 4 is 0 Å². The van der Waals surface area contributed by atoms with Gasteiger partial charge in [0, 0.05) is 18.8 Å². The van der Waals surface area contributed by atoms with Crippen molar-refractivity contribution in [1.29, 1.82) is 0 Å². The topological polar surface area (TPSA) is 3.24 Å². The largest absolute Gasteiger partial charge is 0.376 e. The van der Waals surface area contributed by atoms with Gasteiger partial charge in [-0.2, -0.15) is 0 Å². The van der Waals surface area contributed by atoms with E-state index in [0.717, 1.165) is 5.92 Å². The standard InChI is InChI=1S/C16H33N/c1-14(2)12-10-8-7-9-11-13-16(5)17(6)15(3)4/h14-15H,5,7-13H2,1-4,6H3. The molecule has 0 spiro atoms. The normalized spacial score (nSPS) is 11.2. The summed E-state index contributed by atoms with van der Waals surface area (Å²) in [5, 5.41) is 0. The number of hydrogen-bond acceptors (Lipinski definition) is 1. The van der Waals surface area contributed by atoms with E-state index in [9.17, 15) is 0 Å². The Hall–Kier alpha value is -0.460. The molecule has 0 aromatic rings. The van der Waals surface area contributed by atoms with E-state index in [-0.39, 0.29) is 0 Å². The van der Waals surface area contributed by atoms with Gasteiger partial charge in [0.05, 0.1) is 0 Å². The van der Waals surface area contributed by atoms with Crippen LogP contribution >= 0.6 is 0 Å². The fraction of sp³-hybridized carbons (Fsp3) is 0.875. The first kappa shape index (κ1) is 16.5. The van der Waals surface area contributed by atoms with E-state index in [1.165, 1.54) is 50.6 Å². The highest BCUT2D eigenvalue weighted by atomic mass is 15.1. The third-order valence-electron chi connectivity index (χ3n) is 3.52. The van der Waals surface area contributed by atoms with Crippen LogP contribution < -0.4 is 0 Å². The highest BCUT2D eigenvalue weighted by Gasteiger charge is 2.05. The van der Waals surface area contributed by atoms with Gasteiger partial charge in [0.25, 0.3) is 0 Å². The molecule has 1 heteroatoms. The molecule has 102 valence electrons. The van der Waals surface area contributed by atoms with Crippen LogP contribution in [0.5, 0.6) is 0 Å². The highest BCUT2D eigenvalue weighted by Crippen LogP contribution is 2.15. The van der Waals surface area contributed by atoms with Crippen molar-refractivity contribution in [2.45, 2.75) is 78.7 Å². The van der Waals surface area contributed by atoms with Crippen LogP contribution in [-0.4, -0.2) is 18.0 Å². The maximum Gasteiger partial charge on any atom is 0.0226 e. The Labute approximate surface area is 109 Å². The van der Waals surface area contributed by atoms with Crippen LogP contribution in [-0.2, 0) is 0 Å². The molecule has 0 fully saturated rings. The molecule has 1 nitrogen and oxygen atoms in total. The average Bonchev–Trinajstić information content (AvgIpc) is 2.25. The smallest absolute Gasteiger partial charge is 0.0226 e. The zero-order chi connectivity index (χ0) is 13.3. The first-order valence-corrected chi connectivity index (χ1v) is 7.35. The van der Waals surface area contributed by atoms with Crippen molar-refractivity contribution < 1.29 is 0 Å². The van der Waals surface area contributed by atoms with Crippen molar-refractivity contribution in [2.24, 2.45) is 5.92 Å². The Morgan fingerprint density at radius 2 is 1.47 bits per heavy atom. The van der Waals surface area contributed by atoms with E-state index < -0.39 is 0 Å². The first-order valence-electron chi connectivity index (χ1n) is 7.35. The van der Waals surface area contributed by atoms with Crippen molar-refractivity contribution in [2.75, 3.05) is 7.05 Å². The quantitative estimate of drug-likeness (QED) is 0.472. The third kappa shape index (κ3) is 9.26. The summed E-state index contributed by atoms with van der Waals surface area (Å²) >= 11 is 0. The Kier molecular flexibility index (Phi) is 9.30. The van der Waals surface area contributed by atoms with Crippen molar-refractivity contribution in [1.82, 2.24) is 4.90 Å². The second-order valence-electron chi connectivity index (χ2n) is 5.97. The van der Waals surface area contributed by atoms with Gasteiger partial charge in [0.15, 0.2) is 0 Å². The van der Waals surface area contributed by atoms with Gasteiger partial charge in [-0.05, 0) is 32.6 Å². The van der Waals surface area contributed by atoms with Gasteiger partial charge in [-0.3, -0.25) is 0 Å².